The van der Waals surface area contributed by atoms with Crippen LogP contribution in [0.25, 0.3) is 11.1 Å². The van der Waals surface area contributed by atoms with E-state index in [0.29, 0.717) is 58.5 Å². The third-order valence-electron chi connectivity index (χ3n) is 9.68. The number of hydrogen-bond acceptors (Lipinski definition) is 7. The van der Waals surface area contributed by atoms with Gasteiger partial charge in [-0.25, -0.2) is 0 Å². The number of aromatic nitrogens is 3. The molecule has 2 aliphatic rings. The van der Waals surface area contributed by atoms with Crippen LogP contribution in [0.1, 0.15) is 69.0 Å². The number of aliphatic imine (C=N–C) groups is 1. The van der Waals surface area contributed by atoms with Crippen LogP contribution in [-0.4, -0.2) is 68.1 Å². The van der Waals surface area contributed by atoms with E-state index in [-0.39, 0.29) is 36.1 Å². The van der Waals surface area contributed by atoms with Crippen LogP contribution in [0, 0.1) is 6.92 Å². The molecule has 5 aromatic rings. The molecular formula is C41H42N8O5. The lowest BCUT2D eigenvalue weighted by Gasteiger charge is -2.32. The molecule has 0 aliphatic carbocycles. The minimum atomic E-state index is -0.327. The number of carbonyl (C=O) groups excluding carboxylic acids is 4. The van der Waals surface area contributed by atoms with Crippen molar-refractivity contribution in [3.8, 4) is 16.9 Å². The Kier molecular flexibility index (Phi) is 10.4. The molecule has 1 saturated heterocycles. The maximum absolute atomic E-state index is 13.2. The maximum Gasteiger partial charge on any atom is 0.272 e. The van der Waals surface area contributed by atoms with E-state index in [9.17, 15) is 19.2 Å². The number of piperidine rings is 1. The molecule has 7 rings (SSSR count). The van der Waals surface area contributed by atoms with Crippen molar-refractivity contribution in [2.45, 2.75) is 45.1 Å². The molecule has 1 atom stereocenters. The lowest BCUT2D eigenvalue weighted by Crippen LogP contribution is -2.43. The Bertz CT molecular complexity index is 2240. The normalized spacial score (nSPS) is 14.8. The topological polar surface area (TPSA) is 152 Å². The van der Waals surface area contributed by atoms with Crippen LogP contribution in [0.4, 0.5) is 22.7 Å². The van der Waals surface area contributed by atoms with Crippen LogP contribution in [0.2, 0.25) is 0 Å². The SMILES string of the molecule is Cc1cc2c(cc1OCCCC(=O)Nc1cc(C(=O)Nc3ccc(-c4cc(C(=O)Nc5cccnc5)n(C)c4)cc3)n(C)c1)N=C[C@@H]1CCCCN1C2=O. The molecule has 0 spiro atoms. The van der Waals surface area contributed by atoms with E-state index in [4.69, 9.17) is 4.74 Å². The Balaban J connectivity index is 0.892. The lowest BCUT2D eigenvalue weighted by atomic mass is 10.0. The highest BCUT2D eigenvalue weighted by atomic mass is 16.5. The van der Waals surface area contributed by atoms with Crippen LogP contribution in [0.3, 0.4) is 0 Å². The molecule has 0 unspecified atom stereocenters. The van der Waals surface area contributed by atoms with Gasteiger partial charge in [0.15, 0.2) is 0 Å². The number of nitrogens with one attached hydrogen (secondary N) is 3. The number of fused-ring (bicyclic) bond motifs is 2. The van der Waals surface area contributed by atoms with Crippen molar-refractivity contribution in [1.82, 2.24) is 19.0 Å². The van der Waals surface area contributed by atoms with E-state index in [1.54, 1.807) is 65.1 Å². The van der Waals surface area contributed by atoms with E-state index in [1.807, 2.05) is 61.6 Å². The Morgan fingerprint density at radius 1 is 0.852 bits per heavy atom. The predicted molar refractivity (Wildman–Crippen MR) is 208 cm³/mol. The van der Waals surface area contributed by atoms with Crippen molar-refractivity contribution >= 4 is 52.6 Å². The number of amides is 4. The first-order valence-electron chi connectivity index (χ1n) is 18.0. The Morgan fingerprint density at radius 3 is 2.39 bits per heavy atom. The highest BCUT2D eigenvalue weighted by Gasteiger charge is 2.30. The van der Waals surface area contributed by atoms with Gasteiger partial charge in [0.2, 0.25) is 5.91 Å². The molecule has 0 bridgehead atoms. The molecule has 0 saturated carbocycles. The van der Waals surface area contributed by atoms with Crippen LogP contribution in [0.5, 0.6) is 5.75 Å². The summed E-state index contributed by atoms with van der Waals surface area (Å²) in [4.78, 5) is 62.6. The largest absolute Gasteiger partial charge is 0.493 e. The summed E-state index contributed by atoms with van der Waals surface area (Å²) in [6.45, 7) is 2.97. The summed E-state index contributed by atoms with van der Waals surface area (Å²) in [7, 11) is 3.55. The molecule has 276 valence electrons. The molecule has 3 N–H and O–H groups in total. The van der Waals surface area contributed by atoms with Gasteiger partial charge in [0.25, 0.3) is 17.7 Å². The summed E-state index contributed by atoms with van der Waals surface area (Å²) in [5.41, 5.74) is 6.37. The standard InChI is InChI=1S/C41H42N8O5/c1-26-18-33-34(43-23-32-9-4-5-16-49(32)41(33)53)21-37(26)54-17-7-10-38(50)44-31-20-36(48(3)25-31)40(52)45-29-13-11-27(12-14-29)28-19-35(47(2)24-28)39(51)46-30-8-6-15-42-22-30/h6,8,11-15,18-25,32H,4-5,7,9-10,16-17H2,1-3H3,(H,44,50)(H,45,52)(H,46,51)/t32-/m0/s1. The van der Waals surface area contributed by atoms with Crippen molar-refractivity contribution in [2.24, 2.45) is 19.1 Å². The molecule has 2 aliphatic heterocycles. The van der Waals surface area contributed by atoms with Gasteiger partial charge < -0.3 is 34.7 Å². The fourth-order valence-corrected chi connectivity index (χ4v) is 6.81. The van der Waals surface area contributed by atoms with E-state index in [1.165, 1.54) is 0 Å². The van der Waals surface area contributed by atoms with Crippen LogP contribution in [0.15, 0.2) is 90.4 Å². The van der Waals surface area contributed by atoms with E-state index in [2.05, 4.69) is 25.9 Å². The Hall–Kier alpha value is -6.50. The number of carbonyl (C=O) groups is 4. The van der Waals surface area contributed by atoms with Crippen molar-refractivity contribution in [1.29, 1.82) is 0 Å². The Morgan fingerprint density at radius 2 is 1.61 bits per heavy atom. The summed E-state index contributed by atoms with van der Waals surface area (Å²) in [5, 5.41) is 8.63. The first-order valence-corrected chi connectivity index (χ1v) is 18.0. The second-order valence-corrected chi connectivity index (χ2v) is 13.7. The molecule has 0 radical (unpaired) electrons. The molecule has 5 heterocycles. The first-order chi connectivity index (χ1) is 26.1. The average Bonchev–Trinajstić information content (AvgIpc) is 3.71. The first kappa shape index (κ1) is 35.9. The van der Waals surface area contributed by atoms with Gasteiger partial charge >= 0.3 is 0 Å². The minimum absolute atomic E-state index is 0.0128. The number of benzene rings is 2. The van der Waals surface area contributed by atoms with Gasteiger partial charge in [0.1, 0.15) is 17.1 Å². The van der Waals surface area contributed by atoms with Gasteiger partial charge in [-0.2, -0.15) is 0 Å². The second-order valence-electron chi connectivity index (χ2n) is 13.7. The molecule has 1 fully saturated rings. The molecule has 4 amide bonds. The van der Waals surface area contributed by atoms with Gasteiger partial charge in [-0.1, -0.05) is 12.1 Å². The van der Waals surface area contributed by atoms with Crippen molar-refractivity contribution < 1.29 is 23.9 Å². The summed E-state index contributed by atoms with van der Waals surface area (Å²) in [5.74, 6) is -0.116. The molecule has 2 aromatic carbocycles. The van der Waals surface area contributed by atoms with Crippen molar-refractivity contribution in [3.05, 3.63) is 108 Å². The number of nitrogens with zero attached hydrogens (tertiary/aromatic N) is 5. The molecular weight excluding hydrogens is 685 g/mol. The number of aryl methyl sites for hydroxylation is 3. The summed E-state index contributed by atoms with van der Waals surface area (Å²) in [6, 6.07) is 18.0. The summed E-state index contributed by atoms with van der Waals surface area (Å²) >= 11 is 0. The highest BCUT2D eigenvalue weighted by molar-refractivity contribution is 6.06. The smallest absolute Gasteiger partial charge is 0.272 e. The highest BCUT2D eigenvalue weighted by Crippen LogP contribution is 2.34. The van der Waals surface area contributed by atoms with Gasteiger partial charge in [-0.3, -0.25) is 29.2 Å². The van der Waals surface area contributed by atoms with Gasteiger partial charge in [0.05, 0.1) is 41.5 Å². The van der Waals surface area contributed by atoms with Gasteiger partial charge in [-0.05, 0) is 86.2 Å². The van der Waals surface area contributed by atoms with E-state index >= 15 is 0 Å². The van der Waals surface area contributed by atoms with Crippen LogP contribution >= 0.6 is 0 Å². The molecule has 54 heavy (non-hydrogen) atoms. The fourth-order valence-electron chi connectivity index (χ4n) is 6.81. The second kappa shape index (κ2) is 15.6. The number of anilines is 3. The molecule has 13 heteroatoms. The minimum Gasteiger partial charge on any atom is -0.493 e. The number of pyridine rings is 1. The van der Waals surface area contributed by atoms with Gasteiger partial charge in [0, 0.05) is 69.2 Å². The quantitative estimate of drug-likeness (QED) is 0.128. The predicted octanol–water partition coefficient (Wildman–Crippen LogP) is 6.75. The van der Waals surface area contributed by atoms with E-state index < -0.39 is 0 Å². The van der Waals surface area contributed by atoms with Gasteiger partial charge in [-0.15, -0.1) is 0 Å². The summed E-state index contributed by atoms with van der Waals surface area (Å²) < 4.78 is 9.44. The molecule has 13 nitrogen and oxygen atoms in total. The number of rotatable bonds is 11. The third kappa shape index (κ3) is 7.94. The lowest BCUT2D eigenvalue weighted by molar-refractivity contribution is -0.116. The van der Waals surface area contributed by atoms with Crippen LogP contribution in [-0.2, 0) is 18.9 Å². The number of hydrogen-bond donors (Lipinski definition) is 3. The maximum atomic E-state index is 13.2. The molecule has 3 aromatic heterocycles. The van der Waals surface area contributed by atoms with Crippen LogP contribution < -0.4 is 20.7 Å². The fraction of sp³-hybridized carbons (Fsp3) is 0.268. The Labute approximate surface area is 313 Å². The zero-order chi connectivity index (χ0) is 37.8. The number of ether oxygens (including phenoxy) is 1. The van der Waals surface area contributed by atoms with E-state index in [0.717, 1.165) is 42.5 Å². The van der Waals surface area contributed by atoms with Crippen molar-refractivity contribution in [3.63, 3.8) is 0 Å². The monoisotopic (exact) mass is 726 g/mol. The average molecular weight is 727 g/mol. The summed E-state index contributed by atoms with van der Waals surface area (Å²) in [6.07, 6.45) is 12.4. The van der Waals surface area contributed by atoms with Crippen molar-refractivity contribution in [2.75, 3.05) is 29.1 Å². The zero-order valence-corrected chi connectivity index (χ0v) is 30.5. The zero-order valence-electron chi connectivity index (χ0n) is 30.5. The third-order valence-corrected chi connectivity index (χ3v) is 9.68.